The van der Waals surface area contributed by atoms with Crippen LogP contribution in [0.15, 0.2) is 66.9 Å². The number of carbonyl (C=O) groups is 2. The first kappa shape index (κ1) is 21.6. The minimum atomic E-state index is -0.460. The number of nitrogens with one attached hydrogen (secondary N) is 2. The van der Waals surface area contributed by atoms with E-state index in [-0.39, 0.29) is 17.8 Å². The lowest BCUT2D eigenvalue weighted by atomic mass is 10.2. The highest BCUT2D eigenvalue weighted by Gasteiger charge is 2.23. The van der Waals surface area contributed by atoms with Crippen molar-refractivity contribution in [3.8, 4) is 5.69 Å². The van der Waals surface area contributed by atoms with Gasteiger partial charge in [-0.1, -0.05) is 36.4 Å². The Morgan fingerprint density at radius 1 is 1.12 bits per heavy atom. The first-order valence-electron chi connectivity index (χ1n) is 10.8. The van der Waals surface area contributed by atoms with E-state index < -0.39 is 5.97 Å². The second kappa shape index (κ2) is 10.1. The van der Waals surface area contributed by atoms with Gasteiger partial charge in [-0.15, -0.1) is 0 Å². The molecule has 0 bridgehead atoms. The topological polar surface area (TPSA) is 88.5 Å². The van der Waals surface area contributed by atoms with Crippen LogP contribution in [0.2, 0.25) is 0 Å². The molecule has 2 N–H and O–H groups in total. The van der Waals surface area contributed by atoms with E-state index in [2.05, 4.69) is 32.8 Å². The lowest BCUT2D eigenvalue weighted by Crippen LogP contribution is -2.39. The molecule has 0 spiro atoms. The summed E-state index contributed by atoms with van der Waals surface area (Å²) in [4.78, 5) is 26.7. The van der Waals surface area contributed by atoms with Gasteiger partial charge in [-0.3, -0.25) is 4.90 Å². The maximum Gasteiger partial charge on any atom is 0.358 e. The molecule has 3 aromatic rings. The molecule has 0 saturated carbocycles. The molecule has 1 aromatic heterocycles. The first-order valence-corrected chi connectivity index (χ1v) is 10.8. The maximum absolute atomic E-state index is 12.5. The average Bonchev–Trinajstić information content (AvgIpc) is 3.45. The molecule has 1 fully saturated rings. The number of likely N-dealkylation sites (tertiary alicyclic amines) is 1. The summed E-state index contributed by atoms with van der Waals surface area (Å²) in [6.07, 6.45) is 2.61. The molecule has 2 heterocycles. The van der Waals surface area contributed by atoms with Gasteiger partial charge in [0.1, 0.15) is 0 Å². The summed E-state index contributed by atoms with van der Waals surface area (Å²) in [7, 11) is 0. The molecule has 8 nitrogen and oxygen atoms in total. The fourth-order valence-electron chi connectivity index (χ4n) is 3.80. The normalized spacial score (nSPS) is 16.0. The number of urea groups is 1. The Kier molecular flexibility index (Phi) is 6.81. The van der Waals surface area contributed by atoms with E-state index >= 15 is 0 Å². The molecule has 0 aliphatic carbocycles. The van der Waals surface area contributed by atoms with E-state index in [4.69, 9.17) is 4.74 Å². The van der Waals surface area contributed by atoms with Crippen LogP contribution in [0.25, 0.3) is 5.69 Å². The summed E-state index contributed by atoms with van der Waals surface area (Å²) in [5.41, 5.74) is 2.89. The number of carbonyl (C=O) groups excluding carboxylic acids is 2. The van der Waals surface area contributed by atoms with Crippen molar-refractivity contribution in [1.29, 1.82) is 0 Å². The number of hydrogen-bond donors (Lipinski definition) is 2. The van der Waals surface area contributed by atoms with Gasteiger partial charge in [-0.05, 0) is 43.2 Å². The summed E-state index contributed by atoms with van der Waals surface area (Å²) >= 11 is 0. The molecular formula is C24H27N5O3. The largest absolute Gasteiger partial charge is 0.461 e. The smallest absolute Gasteiger partial charge is 0.358 e. The second-order valence-electron chi connectivity index (χ2n) is 7.72. The zero-order valence-corrected chi connectivity index (χ0v) is 18.0. The minimum Gasteiger partial charge on any atom is -0.461 e. The van der Waals surface area contributed by atoms with Crippen molar-refractivity contribution in [2.24, 2.45) is 0 Å². The molecule has 1 saturated heterocycles. The molecule has 4 rings (SSSR count). The Bertz CT molecular complexity index is 1070. The molecule has 2 aromatic carbocycles. The Morgan fingerprint density at radius 3 is 2.78 bits per heavy atom. The quantitative estimate of drug-likeness (QED) is 0.557. The molecule has 2 amide bonds. The summed E-state index contributed by atoms with van der Waals surface area (Å²) in [6, 6.07) is 19.1. The van der Waals surface area contributed by atoms with Gasteiger partial charge in [0.2, 0.25) is 0 Å². The van der Waals surface area contributed by atoms with E-state index in [1.165, 1.54) is 5.56 Å². The standard InChI is InChI=1S/C24H27N5O3/c1-2-32-23(30)22-12-14-29(27-22)21-10-6-9-19(15-21)25-24(31)26-20-11-13-28(17-20)16-18-7-4-3-5-8-18/h3-10,12,14-15,20H,2,11,13,16-17H2,1H3,(H2,25,26,31). The third-order valence-corrected chi connectivity index (χ3v) is 5.30. The predicted molar refractivity (Wildman–Crippen MR) is 122 cm³/mol. The zero-order valence-electron chi connectivity index (χ0n) is 18.0. The average molecular weight is 434 g/mol. The van der Waals surface area contributed by atoms with E-state index in [0.717, 1.165) is 31.7 Å². The van der Waals surface area contributed by atoms with Crippen molar-refractivity contribution in [2.75, 3.05) is 25.0 Å². The van der Waals surface area contributed by atoms with Crippen LogP contribution in [0.5, 0.6) is 0 Å². The summed E-state index contributed by atoms with van der Waals surface area (Å²) in [6.45, 7) is 4.72. The van der Waals surface area contributed by atoms with Crippen LogP contribution in [0.1, 0.15) is 29.4 Å². The summed E-state index contributed by atoms with van der Waals surface area (Å²) in [5, 5.41) is 10.2. The van der Waals surface area contributed by atoms with E-state index in [0.29, 0.717) is 12.3 Å². The molecule has 1 unspecified atom stereocenters. The number of ether oxygens (including phenoxy) is 1. The van der Waals surface area contributed by atoms with Crippen molar-refractivity contribution in [3.05, 3.63) is 78.1 Å². The summed E-state index contributed by atoms with van der Waals surface area (Å²) < 4.78 is 6.55. The van der Waals surface area contributed by atoms with Gasteiger partial charge in [0.15, 0.2) is 5.69 Å². The Balaban J connectivity index is 1.31. The predicted octanol–water partition coefficient (Wildman–Crippen LogP) is 3.45. The Morgan fingerprint density at radius 2 is 1.97 bits per heavy atom. The van der Waals surface area contributed by atoms with Crippen LogP contribution in [0, 0.1) is 0 Å². The van der Waals surface area contributed by atoms with Crippen molar-refractivity contribution in [3.63, 3.8) is 0 Å². The van der Waals surface area contributed by atoms with E-state index in [1.807, 2.05) is 36.4 Å². The first-order chi connectivity index (χ1) is 15.6. The van der Waals surface area contributed by atoms with Crippen molar-refractivity contribution in [1.82, 2.24) is 20.0 Å². The third kappa shape index (κ3) is 5.53. The van der Waals surface area contributed by atoms with Crippen LogP contribution in [-0.4, -0.2) is 52.4 Å². The third-order valence-electron chi connectivity index (χ3n) is 5.30. The SMILES string of the molecule is CCOC(=O)c1ccn(-c2cccc(NC(=O)NC3CCN(Cc4ccccc4)C3)c2)n1. The zero-order chi connectivity index (χ0) is 22.3. The molecular weight excluding hydrogens is 406 g/mol. The van der Waals surface area contributed by atoms with Crippen LogP contribution in [-0.2, 0) is 11.3 Å². The molecule has 32 heavy (non-hydrogen) atoms. The highest BCUT2D eigenvalue weighted by Crippen LogP contribution is 2.16. The minimum absolute atomic E-state index is 0.111. The number of amides is 2. The number of esters is 1. The molecule has 1 atom stereocenters. The van der Waals surface area contributed by atoms with Gasteiger partial charge < -0.3 is 15.4 Å². The lowest BCUT2D eigenvalue weighted by molar-refractivity contribution is 0.0519. The van der Waals surface area contributed by atoms with E-state index in [9.17, 15) is 9.59 Å². The maximum atomic E-state index is 12.5. The number of rotatable bonds is 7. The fourth-order valence-corrected chi connectivity index (χ4v) is 3.80. The molecule has 166 valence electrons. The van der Waals surface area contributed by atoms with Gasteiger partial charge in [0.05, 0.1) is 12.3 Å². The molecule has 8 heteroatoms. The summed E-state index contributed by atoms with van der Waals surface area (Å²) in [5.74, 6) is -0.460. The van der Waals surface area contributed by atoms with Crippen molar-refractivity contribution in [2.45, 2.75) is 25.9 Å². The van der Waals surface area contributed by atoms with Crippen LogP contribution in [0.4, 0.5) is 10.5 Å². The number of hydrogen-bond acceptors (Lipinski definition) is 5. The fraction of sp³-hybridized carbons (Fsp3) is 0.292. The van der Waals surface area contributed by atoms with Gasteiger partial charge in [-0.25, -0.2) is 14.3 Å². The highest BCUT2D eigenvalue weighted by atomic mass is 16.5. The highest BCUT2D eigenvalue weighted by molar-refractivity contribution is 5.90. The molecule has 1 aliphatic rings. The van der Waals surface area contributed by atoms with Gasteiger partial charge in [0, 0.05) is 37.6 Å². The van der Waals surface area contributed by atoms with Gasteiger partial charge in [-0.2, -0.15) is 5.10 Å². The number of aromatic nitrogens is 2. The molecule has 1 aliphatic heterocycles. The second-order valence-corrected chi connectivity index (χ2v) is 7.72. The molecule has 0 radical (unpaired) electrons. The van der Waals surface area contributed by atoms with Crippen LogP contribution in [0.3, 0.4) is 0 Å². The number of benzene rings is 2. The lowest BCUT2D eigenvalue weighted by Gasteiger charge is -2.17. The number of anilines is 1. The van der Waals surface area contributed by atoms with Crippen LogP contribution >= 0.6 is 0 Å². The monoisotopic (exact) mass is 433 g/mol. The van der Waals surface area contributed by atoms with Gasteiger partial charge >= 0.3 is 12.0 Å². The van der Waals surface area contributed by atoms with Crippen molar-refractivity contribution < 1.29 is 14.3 Å². The van der Waals surface area contributed by atoms with Crippen LogP contribution < -0.4 is 10.6 Å². The van der Waals surface area contributed by atoms with Gasteiger partial charge in [0.25, 0.3) is 0 Å². The Labute approximate surface area is 187 Å². The van der Waals surface area contributed by atoms with E-state index in [1.54, 1.807) is 29.9 Å². The Hall–Kier alpha value is -3.65. The number of nitrogens with zero attached hydrogens (tertiary/aromatic N) is 3. The van der Waals surface area contributed by atoms with Crippen molar-refractivity contribution >= 4 is 17.7 Å².